The van der Waals surface area contributed by atoms with E-state index in [-0.39, 0.29) is 5.91 Å². The summed E-state index contributed by atoms with van der Waals surface area (Å²) in [6.07, 6.45) is 3.93. The first-order valence-electron chi connectivity index (χ1n) is 6.92. The van der Waals surface area contributed by atoms with Crippen LogP contribution in [0.1, 0.15) is 32.6 Å². The van der Waals surface area contributed by atoms with Crippen molar-refractivity contribution in [3.05, 3.63) is 0 Å². The molecule has 1 amide bonds. The third kappa shape index (κ3) is 2.38. The van der Waals surface area contributed by atoms with Crippen LogP contribution in [0.25, 0.3) is 0 Å². The number of carbonyl (C=O) groups excluding carboxylic acids is 1. The van der Waals surface area contributed by atoms with Crippen LogP contribution in [0.2, 0.25) is 0 Å². The molecule has 1 aliphatic heterocycles. The lowest BCUT2D eigenvalue weighted by atomic mass is 9.67. The van der Waals surface area contributed by atoms with Gasteiger partial charge in [0.25, 0.3) is 0 Å². The quantitative estimate of drug-likeness (QED) is 0.774. The van der Waals surface area contributed by atoms with Crippen LogP contribution in [0.15, 0.2) is 0 Å². The van der Waals surface area contributed by atoms with E-state index in [1.165, 1.54) is 6.42 Å². The fraction of sp³-hybridized carbons (Fsp3) is 0.846. The molecular weight excluding hydrogens is 246 g/mol. The summed E-state index contributed by atoms with van der Waals surface area (Å²) in [7, 11) is 0. The second kappa shape index (κ2) is 5.53. The van der Waals surface area contributed by atoms with Crippen molar-refractivity contribution in [1.29, 1.82) is 0 Å². The Balaban J connectivity index is 1.93. The Morgan fingerprint density at radius 2 is 1.89 bits per heavy atom. The Bertz CT molecular complexity index is 333. The van der Waals surface area contributed by atoms with Gasteiger partial charge < -0.3 is 10.6 Å². The van der Waals surface area contributed by atoms with Crippen molar-refractivity contribution >= 4 is 23.1 Å². The van der Waals surface area contributed by atoms with E-state index in [2.05, 4.69) is 11.8 Å². The van der Waals surface area contributed by atoms with Crippen LogP contribution in [0.3, 0.4) is 0 Å². The van der Waals surface area contributed by atoms with Gasteiger partial charge in [0, 0.05) is 26.2 Å². The fourth-order valence-electron chi connectivity index (χ4n) is 2.89. The van der Waals surface area contributed by atoms with E-state index >= 15 is 0 Å². The van der Waals surface area contributed by atoms with E-state index in [9.17, 15) is 4.79 Å². The zero-order valence-corrected chi connectivity index (χ0v) is 12.0. The van der Waals surface area contributed by atoms with Gasteiger partial charge >= 0.3 is 0 Å². The molecule has 0 atom stereocenters. The summed E-state index contributed by atoms with van der Waals surface area (Å²) in [5, 5.41) is 0. The summed E-state index contributed by atoms with van der Waals surface area (Å²) in [4.78, 5) is 17.3. The third-order valence-electron chi connectivity index (χ3n) is 4.29. The number of nitrogens with two attached hydrogens (primary N) is 1. The summed E-state index contributed by atoms with van der Waals surface area (Å²) >= 11 is 5.11. The lowest BCUT2D eigenvalue weighted by molar-refractivity contribution is -0.143. The van der Waals surface area contributed by atoms with Crippen molar-refractivity contribution in [2.45, 2.75) is 32.6 Å². The Morgan fingerprint density at radius 3 is 2.28 bits per heavy atom. The highest BCUT2D eigenvalue weighted by Crippen LogP contribution is 2.43. The second-order valence-electron chi connectivity index (χ2n) is 5.43. The van der Waals surface area contributed by atoms with Gasteiger partial charge in [-0.1, -0.05) is 25.6 Å². The van der Waals surface area contributed by atoms with Gasteiger partial charge in [-0.15, -0.1) is 0 Å². The highest BCUT2D eigenvalue weighted by Gasteiger charge is 2.49. The SMILES string of the molecule is CCCN1CCN(C(=O)C2(C(N)=S)CCC2)CC1. The summed E-state index contributed by atoms with van der Waals surface area (Å²) in [5.41, 5.74) is 5.29. The van der Waals surface area contributed by atoms with E-state index in [1.807, 2.05) is 4.90 Å². The zero-order valence-electron chi connectivity index (χ0n) is 11.2. The highest BCUT2D eigenvalue weighted by molar-refractivity contribution is 7.80. The van der Waals surface area contributed by atoms with Gasteiger partial charge in [0.1, 0.15) is 0 Å². The zero-order chi connectivity index (χ0) is 13.2. The van der Waals surface area contributed by atoms with E-state index in [0.717, 1.165) is 52.0 Å². The van der Waals surface area contributed by atoms with E-state index < -0.39 is 5.41 Å². The molecule has 18 heavy (non-hydrogen) atoms. The molecule has 4 nitrogen and oxygen atoms in total. The van der Waals surface area contributed by atoms with Crippen LogP contribution >= 0.6 is 12.2 Å². The topological polar surface area (TPSA) is 49.6 Å². The monoisotopic (exact) mass is 269 g/mol. The van der Waals surface area contributed by atoms with Gasteiger partial charge in [-0.3, -0.25) is 9.69 Å². The molecule has 0 radical (unpaired) electrons. The first-order chi connectivity index (χ1) is 8.60. The summed E-state index contributed by atoms with van der Waals surface area (Å²) in [6.45, 7) is 6.92. The molecule has 2 rings (SSSR count). The van der Waals surface area contributed by atoms with Crippen LogP contribution in [0.4, 0.5) is 0 Å². The smallest absolute Gasteiger partial charge is 0.235 e. The van der Waals surface area contributed by atoms with Crippen molar-refractivity contribution in [1.82, 2.24) is 9.80 Å². The largest absolute Gasteiger partial charge is 0.392 e. The highest BCUT2D eigenvalue weighted by atomic mass is 32.1. The maximum Gasteiger partial charge on any atom is 0.235 e. The molecule has 0 aromatic rings. The van der Waals surface area contributed by atoms with E-state index in [4.69, 9.17) is 18.0 Å². The summed E-state index contributed by atoms with van der Waals surface area (Å²) in [5.74, 6) is 0.178. The van der Waals surface area contributed by atoms with Crippen LogP contribution in [-0.4, -0.2) is 53.4 Å². The van der Waals surface area contributed by atoms with E-state index in [0.29, 0.717) is 4.99 Å². The minimum atomic E-state index is -0.498. The normalized spacial score (nSPS) is 23.5. The number of rotatable bonds is 4. The Morgan fingerprint density at radius 1 is 1.28 bits per heavy atom. The Labute approximate surface area is 114 Å². The maximum absolute atomic E-state index is 12.5. The van der Waals surface area contributed by atoms with Crippen molar-refractivity contribution in [2.24, 2.45) is 11.1 Å². The predicted octanol–water partition coefficient (Wildman–Crippen LogP) is 0.997. The molecular formula is C13H23N3OS. The third-order valence-corrected chi connectivity index (χ3v) is 4.68. The average Bonchev–Trinajstić information content (AvgIpc) is 2.28. The number of piperazine rings is 1. The lowest BCUT2D eigenvalue weighted by Crippen LogP contribution is -2.58. The van der Waals surface area contributed by atoms with Crippen molar-refractivity contribution < 1.29 is 4.79 Å². The van der Waals surface area contributed by atoms with Crippen LogP contribution in [0, 0.1) is 5.41 Å². The minimum absolute atomic E-state index is 0.178. The molecule has 1 aliphatic carbocycles. The first kappa shape index (κ1) is 13.7. The molecule has 2 fully saturated rings. The summed E-state index contributed by atoms with van der Waals surface area (Å²) < 4.78 is 0. The van der Waals surface area contributed by atoms with Gasteiger partial charge in [-0.2, -0.15) is 0 Å². The molecule has 0 aromatic carbocycles. The Hall–Kier alpha value is -0.680. The molecule has 102 valence electrons. The molecule has 0 spiro atoms. The number of hydrogen-bond acceptors (Lipinski definition) is 3. The van der Waals surface area contributed by atoms with Crippen LogP contribution in [-0.2, 0) is 4.79 Å². The molecule has 2 N–H and O–H groups in total. The number of nitrogens with zero attached hydrogens (tertiary/aromatic N) is 2. The van der Waals surface area contributed by atoms with Crippen molar-refractivity contribution in [2.75, 3.05) is 32.7 Å². The molecule has 1 saturated heterocycles. The lowest BCUT2D eigenvalue weighted by Gasteiger charge is -2.45. The molecule has 1 saturated carbocycles. The van der Waals surface area contributed by atoms with Gasteiger partial charge in [-0.05, 0) is 25.8 Å². The molecule has 5 heteroatoms. The molecule has 0 bridgehead atoms. The predicted molar refractivity (Wildman–Crippen MR) is 76.4 cm³/mol. The standard InChI is InChI=1S/C13H23N3OS/c1-2-6-15-7-9-16(10-8-15)12(17)13(11(14)18)4-3-5-13/h2-10H2,1H3,(H2,14,18). The molecule has 1 heterocycles. The number of hydrogen-bond donors (Lipinski definition) is 1. The van der Waals surface area contributed by atoms with Gasteiger partial charge in [0.2, 0.25) is 5.91 Å². The van der Waals surface area contributed by atoms with Gasteiger partial charge in [-0.25, -0.2) is 0 Å². The number of amides is 1. The van der Waals surface area contributed by atoms with Crippen molar-refractivity contribution in [3.8, 4) is 0 Å². The number of carbonyl (C=O) groups is 1. The Kier molecular flexibility index (Phi) is 4.22. The maximum atomic E-state index is 12.5. The molecule has 0 aromatic heterocycles. The van der Waals surface area contributed by atoms with Crippen LogP contribution < -0.4 is 5.73 Å². The molecule has 2 aliphatic rings. The van der Waals surface area contributed by atoms with Gasteiger partial charge in [0.05, 0.1) is 10.4 Å². The van der Waals surface area contributed by atoms with Crippen molar-refractivity contribution in [3.63, 3.8) is 0 Å². The first-order valence-corrected chi connectivity index (χ1v) is 7.32. The van der Waals surface area contributed by atoms with Crippen LogP contribution in [0.5, 0.6) is 0 Å². The molecule has 0 unspecified atom stereocenters. The average molecular weight is 269 g/mol. The van der Waals surface area contributed by atoms with Gasteiger partial charge in [0.15, 0.2) is 0 Å². The minimum Gasteiger partial charge on any atom is -0.392 e. The second-order valence-corrected chi connectivity index (χ2v) is 5.87. The van der Waals surface area contributed by atoms with E-state index in [1.54, 1.807) is 0 Å². The fourth-order valence-corrected chi connectivity index (χ4v) is 3.18. The number of thiocarbonyl (C=S) groups is 1. The summed E-state index contributed by atoms with van der Waals surface area (Å²) in [6, 6.07) is 0.